The molecule has 0 aliphatic carbocycles. The van der Waals surface area contributed by atoms with E-state index in [-0.39, 0.29) is 23.2 Å². The van der Waals surface area contributed by atoms with E-state index >= 15 is 0 Å². The molecule has 1 saturated heterocycles. The van der Waals surface area contributed by atoms with Crippen LogP contribution in [-0.4, -0.2) is 52.1 Å². The molecule has 1 amide bonds. The Kier molecular flexibility index (Phi) is 5.08. The number of phenolic OH excluding ortho intramolecular Hbond substituents is 1. The van der Waals surface area contributed by atoms with E-state index in [1.807, 2.05) is 31.2 Å². The predicted octanol–water partition coefficient (Wildman–Crippen LogP) is 3.95. The van der Waals surface area contributed by atoms with E-state index in [1.54, 1.807) is 11.0 Å². The number of hydrogen-bond acceptors (Lipinski definition) is 5. The van der Waals surface area contributed by atoms with Crippen molar-refractivity contribution in [1.82, 2.24) is 15.1 Å². The van der Waals surface area contributed by atoms with Gasteiger partial charge in [-0.1, -0.05) is 49.7 Å². The third-order valence-electron chi connectivity index (χ3n) is 6.73. The number of carbonyl (C=O) groups is 1. The Balaban J connectivity index is 1.68. The second-order valence-corrected chi connectivity index (χ2v) is 11.6. The summed E-state index contributed by atoms with van der Waals surface area (Å²) in [5.74, 6) is 0.235. The van der Waals surface area contributed by atoms with E-state index < -0.39 is 21.9 Å². The van der Waals surface area contributed by atoms with Gasteiger partial charge in [-0.15, -0.1) is 0 Å². The quantitative estimate of drug-likeness (QED) is 0.607. The number of amides is 1. The highest BCUT2D eigenvalue weighted by Crippen LogP contribution is 2.46. The molecule has 2 atom stereocenters. The van der Waals surface area contributed by atoms with Crippen LogP contribution in [0.2, 0.25) is 0 Å². The van der Waals surface area contributed by atoms with Crippen LogP contribution >= 0.6 is 0 Å². The molecular weight excluding hydrogens is 438 g/mol. The molecule has 33 heavy (non-hydrogen) atoms. The van der Waals surface area contributed by atoms with Gasteiger partial charge in [0.2, 0.25) is 0 Å². The number of H-pyrrole nitrogens is 1. The van der Waals surface area contributed by atoms with Crippen LogP contribution in [0, 0.1) is 6.92 Å². The molecule has 0 saturated carbocycles. The number of hydrogen-bond donors (Lipinski definition) is 2. The first-order valence-corrected chi connectivity index (χ1v) is 13.0. The number of sulfone groups is 1. The van der Waals surface area contributed by atoms with E-state index in [9.17, 15) is 18.3 Å². The zero-order valence-corrected chi connectivity index (χ0v) is 19.7. The fourth-order valence-electron chi connectivity index (χ4n) is 4.97. The Hall–Kier alpha value is -3.13. The first-order valence-electron chi connectivity index (χ1n) is 11.2. The largest absolute Gasteiger partial charge is 0.507 e. The number of benzene rings is 2. The maximum Gasteiger partial charge on any atom is 0.273 e. The summed E-state index contributed by atoms with van der Waals surface area (Å²) in [5.41, 5.74) is 5.13. The average molecular weight is 466 g/mol. The van der Waals surface area contributed by atoms with Crippen molar-refractivity contribution in [2.75, 3.05) is 11.5 Å². The summed E-state index contributed by atoms with van der Waals surface area (Å²) in [6.45, 7) is 6.17. The van der Waals surface area contributed by atoms with Crippen molar-refractivity contribution in [1.29, 1.82) is 0 Å². The highest BCUT2D eigenvalue weighted by Gasteiger charge is 2.48. The summed E-state index contributed by atoms with van der Waals surface area (Å²) < 4.78 is 24.5. The monoisotopic (exact) mass is 465 g/mol. The van der Waals surface area contributed by atoms with Crippen LogP contribution in [-0.2, 0) is 9.84 Å². The summed E-state index contributed by atoms with van der Waals surface area (Å²) >= 11 is 0. The van der Waals surface area contributed by atoms with Gasteiger partial charge in [0.05, 0.1) is 17.5 Å². The third-order valence-corrected chi connectivity index (χ3v) is 8.48. The number of aromatic hydroxyl groups is 1. The van der Waals surface area contributed by atoms with E-state index in [0.29, 0.717) is 34.9 Å². The summed E-state index contributed by atoms with van der Waals surface area (Å²) in [5, 5.41) is 17.9. The van der Waals surface area contributed by atoms with E-state index in [2.05, 4.69) is 36.2 Å². The van der Waals surface area contributed by atoms with Gasteiger partial charge in [0.15, 0.2) is 9.84 Å². The molecule has 3 heterocycles. The normalized spacial score (nSPS) is 21.7. The van der Waals surface area contributed by atoms with Crippen molar-refractivity contribution >= 4 is 15.7 Å². The molecule has 172 valence electrons. The molecule has 2 N–H and O–H groups in total. The van der Waals surface area contributed by atoms with Gasteiger partial charge in [-0.2, -0.15) is 5.10 Å². The lowest BCUT2D eigenvalue weighted by Gasteiger charge is -2.31. The van der Waals surface area contributed by atoms with Crippen LogP contribution in [0.4, 0.5) is 0 Å². The Labute approximate surface area is 193 Å². The number of carbonyl (C=O) groups excluding carboxylic acids is 1. The number of nitrogens with zero attached hydrogens (tertiary/aromatic N) is 2. The summed E-state index contributed by atoms with van der Waals surface area (Å²) in [6.07, 6.45) is 0.414. The van der Waals surface area contributed by atoms with Crippen molar-refractivity contribution in [2.24, 2.45) is 0 Å². The zero-order chi connectivity index (χ0) is 23.5. The van der Waals surface area contributed by atoms with E-state index in [0.717, 1.165) is 11.1 Å². The predicted molar refractivity (Wildman–Crippen MR) is 126 cm³/mol. The average Bonchev–Trinajstić information content (AvgIpc) is 3.43. The van der Waals surface area contributed by atoms with Crippen LogP contribution in [0.5, 0.6) is 5.75 Å². The second kappa shape index (κ2) is 7.73. The number of aryl methyl sites for hydroxylation is 1. The van der Waals surface area contributed by atoms with Gasteiger partial charge >= 0.3 is 0 Å². The number of fused-ring (bicyclic) bond motifs is 1. The fraction of sp³-hybridized carbons (Fsp3) is 0.360. The summed E-state index contributed by atoms with van der Waals surface area (Å²) in [7, 11) is -3.18. The molecule has 2 aromatic carbocycles. The number of nitrogens with one attached hydrogen (secondary N) is 1. The molecule has 7 nitrogen and oxygen atoms in total. The molecule has 8 heteroatoms. The number of aromatic amines is 1. The molecule has 2 aliphatic rings. The van der Waals surface area contributed by atoms with Crippen LogP contribution in [0.3, 0.4) is 0 Å². The standard InChI is InChI=1S/C25H27N3O4S/c1-14(2)16-5-7-17(8-6-16)24-21-22(19-12-15(3)4-9-20(19)29)26-27-23(21)25(30)28(24)18-10-11-33(31,32)13-18/h4-9,12,14,18,24,29H,10-11,13H2,1-3H3,(H,26,27). The van der Waals surface area contributed by atoms with Gasteiger partial charge in [-0.05, 0) is 42.5 Å². The maximum absolute atomic E-state index is 13.5. The zero-order valence-electron chi connectivity index (χ0n) is 18.9. The van der Waals surface area contributed by atoms with Crippen LogP contribution < -0.4 is 0 Å². The Morgan fingerprint density at radius 2 is 1.88 bits per heavy atom. The van der Waals surface area contributed by atoms with Crippen LogP contribution in [0.1, 0.15) is 65.0 Å². The number of aromatic nitrogens is 2. The lowest BCUT2D eigenvalue weighted by molar-refractivity contribution is 0.0677. The topological polar surface area (TPSA) is 103 Å². The minimum Gasteiger partial charge on any atom is -0.507 e. The molecule has 1 aromatic heterocycles. The van der Waals surface area contributed by atoms with E-state index in [1.165, 1.54) is 5.56 Å². The SMILES string of the molecule is Cc1ccc(O)c(-c2n[nH]c3c2C(c2ccc(C(C)C)cc2)N(C2CCS(=O)(=O)C2)C3=O)c1. The van der Waals surface area contributed by atoms with E-state index in [4.69, 9.17) is 0 Å². The Morgan fingerprint density at radius 1 is 1.15 bits per heavy atom. The minimum atomic E-state index is -3.18. The maximum atomic E-state index is 13.5. The Bertz CT molecular complexity index is 1340. The molecule has 5 rings (SSSR count). The number of phenols is 1. The highest BCUT2D eigenvalue weighted by atomic mass is 32.2. The van der Waals surface area contributed by atoms with Crippen LogP contribution in [0.25, 0.3) is 11.3 Å². The summed E-state index contributed by atoms with van der Waals surface area (Å²) in [4.78, 5) is 15.3. The summed E-state index contributed by atoms with van der Waals surface area (Å²) in [6, 6.07) is 12.5. The molecule has 2 unspecified atom stereocenters. The molecule has 1 fully saturated rings. The molecule has 0 radical (unpaired) electrons. The van der Waals surface area contributed by atoms with Gasteiger partial charge in [0.1, 0.15) is 17.1 Å². The van der Waals surface area contributed by atoms with Crippen molar-refractivity contribution in [3.63, 3.8) is 0 Å². The van der Waals surface area contributed by atoms with Crippen LogP contribution in [0.15, 0.2) is 42.5 Å². The second-order valence-electron chi connectivity index (χ2n) is 9.37. The first-order chi connectivity index (χ1) is 15.7. The Morgan fingerprint density at radius 3 is 2.52 bits per heavy atom. The molecule has 0 bridgehead atoms. The first kappa shape index (κ1) is 21.7. The van der Waals surface area contributed by atoms with Crippen molar-refractivity contribution in [3.05, 3.63) is 70.4 Å². The minimum absolute atomic E-state index is 0.0396. The molecule has 3 aromatic rings. The van der Waals surface area contributed by atoms with Gasteiger partial charge in [0, 0.05) is 17.2 Å². The van der Waals surface area contributed by atoms with Gasteiger partial charge < -0.3 is 10.0 Å². The fourth-order valence-corrected chi connectivity index (χ4v) is 6.68. The molecule has 0 spiro atoms. The molecular formula is C25H27N3O4S. The van der Waals surface area contributed by atoms with Crippen molar-refractivity contribution in [3.8, 4) is 17.0 Å². The highest BCUT2D eigenvalue weighted by molar-refractivity contribution is 7.91. The van der Waals surface area contributed by atoms with Gasteiger partial charge in [0.25, 0.3) is 5.91 Å². The smallest absolute Gasteiger partial charge is 0.273 e. The lowest BCUT2D eigenvalue weighted by atomic mass is 9.92. The third kappa shape index (κ3) is 3.62. The van der Waals surface area contributed by atoms with Crippen molar-refractivity contribution in [2.45, 2.75) is 45.2 Å². The lowest BCUT2D eigenvalue weighted by Crippen LogP contribution is -2.40. The van der Waals surface area contributed by atoms with Gasteiger partial charge in [-0.3, -0.25) is 9.89 Å². The number of rotatable bonds is 4. The van der Waals surface area contributed by atoms with Crippen molar-refractivity contribution < 1.29 is 18.3 Å². The van der Waals surface area contributed by atoms with Gasteiger partial charge in [-0.25, -0.2) is 8.42 Å². The molecule has 2 aliphatic heterocycles.